The summed E-state index contributed by atoms with van der Waals surface area (Å²) in [7, 11) is 0. The smallest absolute Gasteiger partial charge is 0.407 e. The minimum absolute atomic E-state index is 0. The van der Waals surface area contributed by atoms with Gasteiger partial charge in [0.05, 0.1) is 11.5 Å². The Bertz CT molecular complexity index is 507. The number of nitro benzene ring substituents is 1. The molecule has 0 unspecified atom stereocenters. The van der Waals surface area contributed by atoms with Gasteiger partial charge in [-0.1, -0.05) is 0 Å². The van der Waals surface area contributed by atoms with Crippen molar-refractivity contribution in [2.45, 2.75) is 20.0 Å². The van der Waals surface area contributed by atoms with Gasteiger partial charge in [-0.2, -0.15) is 0 Å². The lowest BCUT2D eigenvalue weighted by Gasteiger charge is -2.08. The molecular formula is C13H18ClN3O5. The van der Waals surface area contributed by atoms with E-state index in [0.29, 0.717) is 18.6 Å². The normalized spacial score (nSPS) is 9.32. The Balaban J connectivity index is 0.00000441. The first-order valence-corrected chi connectivity index (χ1v) is 6.37. The summed E-state index contributed by atoms with van der Waals surface area (Å²) < 4.78 is 9.86. The number of nitro groups is 1. The Morgan fingerprint density at radius 2 is 1.95 bits per heavy atom. The maximum absolute atomic E-state index is 11.4. The van der Waals surface area contributed by atoms with Crippen LogP contribution in [-0.2, 0) is 16.1 Å². The maximum atomic E-state index is 11.4. The predicted molar refractivity (Wildman–Crippen MR) is 82.5 cm³/mol. The van der Waals surface area contributed by atoms with E-state index in [2.05, 4.69) is 5.32 Å². The number of carbonyl (C=O) groups is 1. The fraction of sp³-hybridized carbons (Fsp3) is 0.385. The van der Waals surface area contributed by atoms with Gasteiger partial charge in [0.2, 0.25) is 0 Å². The number of amides is 1. The zero-order valence-electron chi connectivity index (χ0n) is 12.0. The Morgan fingerprint density at radius 3 is 2.50 bits per heavy atom. The molecule has 0 saturated heterocycles. The molecule has 9 heteroatoms. The second-order valence-corrected chi connectivity index (χ2v) is 4.03. The fourth-order valence-corrected chi connectivity index (χ4v) is 1.44. The van der Waals surface area contributed by atoms with Crippen molar-refractivity contribution in [3.05, 3.63) is 39.9 Å². The van der Waals surface area contributed by atoms with Crippen molar-refractivity contribution in [1.29, 1.82) is 5.41 Å². The van der Waals surface area contributed by atoms with Gasteiger partial charge in [-0.3, -0.25) is 15.5 Å². The number of rotatable bonds is 7. The van der Waals surface area contributed by atoms with E-state index in [9.17, 15) is 14.9 Å². The second kappa shape index (κ2) is 10.4. The van der Waals surface area contributed by atoms with Crippen LogP contribution in [0.1, 0.15) is 18.9 Å². The Kier molecular flexibility index (Phi) is 9.28. The Labute approximate surface area is 133 Å². The van der Waals surface area contributed by atoms with Gasteiger partial charge < -0.3 is 14.8 Å². The number of benzene rings is 1. The number of non-ortho nitro benzene ring substituents is 1. The number of hydrogen-bond donors (Lipinski definition) is 2. The average Bonchev–Trinajstić information content (AvgIpc) is 2.46. The summed E-state index contributed by atoms with van der Waals surface area (Å²) in [6.07, 6.45) is -0.321. The molecule has 0 saturated carbocycles. The highest BCUT2D eigenvalue weighted by atomic mass is 35.5. The monoisotopic (exact) mass is 331 g/mol. The number of nitrogens with one attached hydrogen (secondary N) is 2. The molecule has 8 nitrogen and oxygen atoms in total. The molecule has 1 amide bonds. The molecule has 0 radical (unpaired) electrons. The van der Waals surface area contributed by atoms with Crippen molar-refractivity contribution >= 4 is 30.1 Å². The number of alkyl carbamates (subject to hydrolysis) is 1. The highest BCUT2D eigenvalue weighted by Crippen LogP contribution is 2.12. The Morgan fingerprint density at radius 1 is 1.32 bits per heavy atom. The van der Waals surface area contributed by atoms with Gasteiger partial charge in [-0.15, -0.1) is 12.4 Å². The summed E-state index contributed by atoms with van der Waals surface area (Å²) in [4.78, 5) is 21.4. The molecule has 0 spiro atoms. The lowest BCUT2D eigenvalue weighted by molar-refractivity contribution is -0.384. The first-order valence-electron chi connectivity index (χ1n) is 6.37. The quantitative estimate of drug-likeness (QED) is 0.345. The van der Waals surface area contributed by atoms with Crippen LogP contribution in [0.15, 0.2) is 24.3 Å². The van der Waals surface area contributed by atoms with Crippen LogP contribution in [0.4, 0.5) is 10.5 Å². The predicted octanol–water partition coefficient (Wildman–Crippen LogP) is 2.65. The van der Waals surface area contributed by atoms with Gasteiger partial charge in [-0.05, 0) is 24.6 Å². The van der Waals surface area contributed by atoms with Crippen LogP contribution in [0.3, 0.4) is 0 Å². The van der Waals surface area contributed by atoms with Crippen molar-refractivity contribution in [3.8, 4) is 0 Å². The van der Waals surface area contributed by atoms with Crippen LogP contribution in [0.5, 0.6) is 0 Å². The van der Waals surface area contributed by atoms with Crippen LogP contribution in [0, 0.1) is 15.5 Å². The average molecular weight is 332 g/mol. The molecule has 0 aromatic heterocycles. The summed E-state index contributed by atoms with van der Waals surface area (Å²) in [5.41, 5.74) is 0.635. The van der Waals surface area contributed by atoms with E-state index >= 15 is 0 Å². The zero-order valence-corrected chi connectivity index (χ0v) is 12.9. The third-order valence-corrected chi connectivity index (χ3v) is 2.46. The van der Waals surface area contributed by atoms with E-state index in [1.165, 1.54) is 24.3 Å². The van der Waals surface area contributed by atoms with Crippen molar-refractivity contribution in [2.24, 2.45) is 0 Å². The highest BCUT2D eigenvalue weighted by molar-refractivity contribution is 5.85. The van der Waals surface area contributed by atoms with Crippen LogP contribution in [-0.4, -0.2) is 30.1 Å². The van der Waals surface area contributed by atoms with Crippen LogP contribution < -0.4 is 5.32 Å². The third kappa shape index (κ3) is 7.44. The molecule has 0 bridgehead atoms. The van der Waals surface area contributed by atoms with Gasteiger partial charge in [0.25, 0.3) is 5.69 Å². The molecule has 22 heavy (non-hydrogen) atoms. The largest absolute Gasteiger partial charge is 0.481 e. The number of carbonyl (C=O) groups excluding carboxylic acids is 1. The molecule has 0 heterocycles. The molecule has 0 aliphatic rings. The highest BCUT2D eigenvalue weighted by Gasteiger charge is 2.06. The van der Waals surface area contributed by atoms with E-state index in [1.54, 1.807) is 6.92 Å². The molecule has 1 aromatic rings. The van der Waals surface area contributed by atoms with Crippen LogP contribution >= 0.6 is 12.4 Å². The summed E-state index contributed by atoms with van der Waals surface area (Å²) in [6.45, 7) is 2.47. The van der Waals surface area contributed by atoms with Gasteiger partial charge in [0.15, 0.2) is 5.90 Å². The first kappa shape index (κ1) is 19.7. The van der Waals surface area contributed by atoms with Crippen molar-refractivity contribution in [2.75, 3.05) is 13.2 Å². The zero-order chi connectivity index (χ0) is 15.7. The maximum Gasteiger partial charge on any atom is 0.407 e. The van der Waals surface area contributed by atoms with E-state index in [1.807, 2.05) is 0 Å². The summed E-state index contributed by atoms with van der Waals surface area (Å²) >= 11 is 0. The van der Waals surface area contributed by atoms with Gasteiger partial charge in [0.1, 0.15) is 6.61 Å². The molecule has 1 rings (SSSR count). The Hall–Kier alpha value is -2.35. The van der Waals surface area contributed by atoms with Gasteiger partial charge in [-0.25, -0.2) is 4.79 Å². The van der Waals surface area contributed by atoms with Crippen molar-refractivity contribution < 1.29 is 19.2 Å². The molecule has 122 valence electrons. The summed E-state index contributed by atoms with van der Waals surface area (Å²) in [5.74, 6) is 0.105. The van der Waals surface area contributed by atoms with Crippen molar-refractivity contribution in [3.63, 3.8) is 0 Å². The van der Waals surface area contributed by atoms with Crippen molar-refractivity contribution in [1.82, 2.24) is 5.32 Å². The molecule has 0 aliphatic heterocycles. The van der Waals surface area contributed by atoms with E-state index < -0.39 is 11.0 Å². The molecule has 1 aromatic carbocycles. The SMILES string of the molecule is CCOC(=N)CCNC(=O)OCc1ccc([N+](=O)[O-])cc1.Cl. The number of halogens is 1. The van der Waals surface area contributed by atoms with Gasteiger partial charge in [0, 0.05) is 25.1 Å². The number of nitrogens with zero attached hydrogens (tertiary/aromatic N) is 1. The molecular weight excluding hydrogens is 314 g/mol. The lowest BCUT2D eigenvalue weighted by atomic mass is 10.2. The lowest BCUT2D eigenvalue weighted by Crippen LogP contribution is -2.27. The summed E-state index contributed by atoms with van der Waals surface area (Å²) in [5, 5.41) is 20.3. The van der Waals surface area contributed by atoms with Crippen LogP contribution in [0.2, 0.25) is 0 Å². The molecule has 0 aliphatic carbocycles. The molecule has 0 atom stereocenters. The topological polar surface area (TPSA) is 115 Å². The van der Waals surface area contributed by atoms with E-state index in [0.717, 1.165) is 0 Å². The minimum Gasteiger partial charge on any atom is -0.481 e. The van der Waals surface area contributed by atoms with Crippen LogP contribution in [0.25, 0.3) is 0 Å². The number of ether oxygens (including phenoxy) is 2. The fourth-order valence-electron chi connectivity index (χ4n) is 1.44. The minimum atomic E-state index is -0.613. The second-order valence-electron chi connectivity index (χ2n) is 4.03. The molecule has 2 N–H and O–H groups in total. The first-order chi connectivity index (χ1) is 10.0. The summed E-state index contributed by atoms with van der Waals surface area (Å²) in [6, 6.07) is 5.74. The molecule has 0 fully saturated rings. The number of hydrogen-bond acceptors (Lipinski definition) is 6. The van der Waals surface area contributed by atoms with E-state index in [4.69, 9.17) is 14.9 Å². The third-order valence-electron chi connectivity index (χ3n) is 2.46. The van der Waals surface area contributed by atoms with E-state index in [-0.39, 0.29) is 37.1 Å². The van der Waals surface area contributed by atoms with Gasteiger partial charge >= 0.3 is 6.09 Å². The standard InChI is InChI=1S/C13H17N3O5.ClH/c1-2-20-12(14)7-8-15-13(17)21-9-10-3-5-11(6-4-10)16(18)19;/h3-6,14H,2,7-9H2,1H3,(H,15,17);1H.